The van der Waals surface area contributed by atoms with Gasteiger partial charge < -0.3 is 18.9 Å². The van der Waals surface area contributed by atoms with Gasteiger partial charge in [-0.1, -0.05) is 264 Å². The highest BCUT2D eigenvalue weighted by molar-refractivity contribution is 7.47. The van der Waals surface area contributed by atoms with Crippen molar-refractivity contribution >= 4 is 19.8 Å². The number of quaternary nitrogens is 1. The number of carbonyl (C=O) groups is 2. The minimum Gasteiger partial charge on any atom is -0.462 e. The second-order valence-corrected chi connectivity index (χ2v) is 23.8. The van der Waals surface area contributed by atoms with Gasteiger partial charge in [0.2, 0.25) is 0 Å². The largest absolute Gasteiger partial charge is 0.472 e. The van der Waals surface area contributed by atoms with Crippen LogP contribution in [-0.4, -0.2) is 74.9 Å². The molecule has 10 heteroatoms. The maximum Gasteiger partial charge on any atom is 0.472 e. The molecule has 0 radical (unpaired) electrons. The van der Waals surface area contributed by atoms with Gasteiger partial charge in [0.25, 0.3) is 0 Å². The third-order valence-corrected chi connectivity index (χ3v) is 14.5. The molecule has 0 spiro atoms. The van der Waals surface area contributed by atoms with Crippen molar-refractivity contribution in [3.8, 4) is 0 Å². The Morgan fingerprint density at radius 3 is 1.00 bits per heavy atom. The monoisotopic (exact) mass is 1130 g/mol. The lowest BCUT2D eigenvalue weighted by Gasteiger charge is -2.24. The molecular formula is C70H121NO8P+. The summed E-state index contributed by atoms with van der Waals surface area (Å²) in [5.74, 6) is -0.808. The van der Waals surface area contributed by atoms with Crippen molar-refractivity contribution in [2.75, 3.05) is 47.5 Å². The number of phosphoric ester groups is 1. The van der Waals surface area contributed by atoms with Gasteiger partial charge in [-0.25, -0.2) is 4.57 Å². The molecule has 0 aliphatic rings. The standard InChI is InChI=1S/C70H120NO8P/c1-6-8-10-12-14-16-18-20-22-24-26-28-30-32-34-35-37-38-40-42-44-46-48-50-52-54-56-58-60-62-69(72)76-66-68(67-78-80(74,75)77-65-64-71(3,4)5)79-70(73)63-61-59-57-55-53-51-49-47-45-43-41-39-36-33-31-29-27-25-23-21-19-17-15-13-11-9-7-2/h8-11,14-17,20-23,26-29,33,36,41,43,68H,6-7,12-13,18-19,24-25,30-32,34-35,37-40,42,44-67H2,1-5H3/p+1/b10-8-,11-9-,16-14-,17-15-,22-20-,23-21-,28-26-,29-27-,36-33-,43-41-. The van der Waals surface area contributed by atoms with Crippen molar-refractivity contribution < 1.29 is 42.1 Å². The second kappa shape index (κ2) is 60.0. The second-order valence-electron chi connectivity index (χ2n) is 22.4. The normalized spacial score (nSPS) is 14.0. The molecule has 0 rings (SSSR count). The fourth-order valence-electron chi connectivity index (χ4n) is 8.60. The van der Waals surface area contributed by atoms with Crippen molar-refractivity contribution in [2.24, 2.45) is 0 Å². The van der Waals surface area contributed by atoms with Gasteiger partial charge in [-0.2, -0.15) is 0 Å². The molecule has 0 bridgehead atoms. The zero-order valence-corrected chi connectivity index (χ0v) is 52.9. The molecule has 458 valence electrons. The van der Waals surface area contributed by atoms with E-state index >= 15 is 0 Å². The van der Waals surface area contributed by atoms with Crippen molar-refractivity contribution in [1.29, 1.82) is 0 Å². The maximum absolute atomic E-state index is 12.9. The van der Waals surface area contributed by atoms with Crippen molar-refractivity contribution in [3.63, 3.8) is 0 Å². The van der Waals surface area contributed by atoms with Gasteiger partial charge in [-0.3, -0.25) is 18.6 Å². The fraction of sp³-hybridized carbons (Fsp3) is 0.686. The number of unbranched alkanes of at least 4 members (excludes halogenated alkanes) is 24. The topological polar surface area (TPSA) is 108 Å². The Morgan fingerprint density at radius 1 is 0.388 bits per heavy atom. The lowest BCUT2D eigenvalue weighted by atomic mass is 10.0. The van der Waals surface area contributed by atoms with Gasteiger partial charge >= 0.3 is 19.8 Å². The summed E-state index contributed by atoms with van der Waals surface area (Å²) >= 11 is 0. The van der Waals surface area contributed by atoms with Gasteiger partial charge in [0.1, 0.15) is 19.8 Å². The molecule has 2 atom stereocenters. The van der Waals surface area contributed by atoms with E-state index in [2.05, 4.69) is 135 Å². The van der Waals surface area contributed by atoms with E-state index in [-0.39, 0.29) is 32.0 Å². The number of hydrogen-bond acceptors (Lipinski definition) is 7. The van der Waals surface area contributed by atoms with Crippen LogP contribution in [0.2, 0.25) is 0 Å². The molecule has 0 saturated heterocycles. The molecular weight excluding hydrogens is 1010 g/mol. The minimum absolute atomic E-state index is 0.0247. The highest BCUT2D eigenvalue weighted by atomic mass is 31.2. The summed E-state index contributed by atoms with van der Waals surface area (Å²) in [6.07, 6.45) is 85.6. The van der Waals surface area contributed by atoms with E-state index in [9.17, 15) is 19.0 Å². The first-order chi connectivity index (χ1) is 39.0. The average molecular weight is 1140 g/mol. The number of carbonyl (C=O) groups excluding carboxylic acids is 2. The first kappa shape index (κ1) is 76.4. The summed E-state index contributed by atoms with van der Waals surface area (Å²) in [7, 11) is 1.46. The number of likely N-dealkylation sites (N-methyl/N-ethyl adjacent to an activating group) is 1. The lowest BCUT2D eigenvalue weighted by molar-refractivity contribution is -0.870. The summed E-state index contributed by atoms with van der Waals surface area (Å²) in [6, 6.07) is 0. The highest BCUT2D eigenvalue weighted by Gasteiger charge is 2.27. The van der Waals surface area contributed by atoms with Crippen molar-refractivity contribution in [1.82, 2.24) is 0 Å². The van der Waals surface area contributed by atoms with E-state index in [1.165, 1.54) is 116 Å². The Balaban J connectivity index is 4.13. The summed E-state index contributed by atoms with van der Waals surface area (Å²) < 4.78 is 34.7. The van der Waals surface area contributed by atoms with Crippen molar-refractivity contribution in [3.05, 3.63) is 122 Å². The van der Waals surface area contributed by atoms with E-state index in [1.807, 2.05) is 21.1 Å². The van der Waals surface area contributed by atoms with Crippen LogP contribution in [0.5, 0.6) is 0 Å². The molecule has 0 amide bonds. The minimum atomic E-state index is -4.40. The summed E-state index contributed by atoms with van der Waals surface area (Å²) in [4.78, 5) is 35.8. The average Bonchev–Trinajstić information content (AvgIpc) is 3.42. The van der Waals surface area contributed by atoms with Crippen LogP contribution in [0.4, 0.5) is 0 Å². The van der Waals surface area contributed by atoms with Gasteiger partial charge in [0.15, 0.2) is 6.10 Å². The predicted molar refractivity (Wildman–Crippen MR) is 344 cm³/mol. The molecule has 0 aliphatic carbocycles. The van der Waals surface area contributed by atoms with E-state index in [4.69, 9.17) is 18.5 Å². The van der Waals surface area contributed by atoms with Gasteiger partial charge in [-0.15, -0.1) is 0 Å². The van der Waals surface area contributed by atoms with E-state index < -0.39 is 26.5 Å². The van der Waals surface area contributed by atoms with Crippen LogP contribution >= 0.6 is 7.82 Å². The Kier molecular flexibility index (Phi) is 57.3. The Labute approximate surface area is 492 Å². The number of hydrogen-bond donors (Lipinski definition) is 1. The van der Waals surface area contributed by atoms with E-state index in [1.54, 1.807) is 0 Å². The molecule has 0 aromatic rings. The molecule has 0 aromatic heterocycles. The number of ether oxygens (including phenoxy) is 2. The predicted octanol–water partition coefficient (Wildman–Crippen LogP) is 20.7. The SMILES string of the molecule is CC/C=C\C/C=C\C/C=C\C/C=C\C/C=C\C/C=C\CCCCCCCCCCC(=O)OC(COC(=O)CCCCCCCCCCCCCCCCCC/C=C\C/C=C\C/C=C\C/C=C\CC)COP(=O)(O)OCC[N+](C)(C)C. The Bertz CT molecular complexity index is 1760. The number of rotatable bonds is 58. The zero-order chi connectivity index (χ0) is 58.4. The molecule has 0 aromatic carbocycles. The summed E-state index contributed by atoms with van der Waals surface area (Å²) in [5, 5.41) is 0. The number of phosphoric acid groups is 1. The highest BCUT2D eigenvalue weighted by Crippen LogP contribution is 2.43. The van der Waals surface area contributed by atoms with Crippen LogP contribution in [-0.2, 0) is 32.7 Å². The van der Waals surface area contributed by atoms with Crippen LogP contribution in [0.3, 0.4) is 0 Å². The lowest BCUT2D eigenvalue weighted by Crippen LogP contribution is -2.37. The molecule has 0 saturated carbocycles. The zero-order valence-electron chi connectivity index (χ0n) is 52.0. The molecule has 1 N–H and O–H groups in total. The van der Waals surface area contributed by atoms with Crippen LogP contribution < -0.4 is 0 Å². The van der Waals surface area contributed by atoms with Crippen LogP contribution in [0, 0.1) is 0 Å². The fourth-order valence-corrected chi connectivity index (χ4v) is 9.34. The summed E-state index contributed by atoms with van der Waals surface area (Å²) in [6.45, 7) is 4.21. The molecule has 80 heavy (non-hydrogen) atoms. The van der Waals surface area contributed by atoms with Crippen LogP contribution in [0.1, 0.15) is 258 Å². The smallest absolute Gasteiger partial charge is 0.462 e. The van der Waals surface area contributed by atoms with Crippen molar-refractivity contribution in [2.45, 2.75) is 264 Å². The molecule has 2 unspecified atom stereocenters. The molecule has 9 nitrogen and oxygen atoms in total. The maximum atomic E-state index is 12.9. The number of esters is 2. The third-order valence-electron chi connectivity index (χ3n) is 13.5. The third kappa shape index (κ3) is 63.6. The Morgan fingerprint density at radius 2 is 0.675 bits per heavy atom. The molecule has 0 heterocycles. The number of allylic oxidation sites excluding steroid dienone is 20. The van der Waals surface area contributed by atoms with Crippen LogP contribution in [0.15, 0.2) is 122 Å². The van der Waals surface area contributed by atoms with Crippen LogP contribution in [0.25, 0.3) is 0 Å². The molecule has 0 aliphatic heterocycles. The van der Waals surface area contributed by atoms with Gasteiger partial charge in [0.05, 0.1) is 27.7 Å². The first-order valence-corrected chi connectivity index (χ1v) is 33.8. The van der Waals surface area contributed by atoms with Gasteiger partial charge in [0, 0.05) is 12.8 Å². The van der Waals surface area contributed by atoms with E-state index in [0.29, 0.717) is 17.4 Å². The van der Waals surface area contributed by atoms with E-state index in [0.717, 1.165) is 109 Å². The van der Waals surface area contributed by atoms with Gasteiger partial charge in [-0.05, 0) is 103 Å². The molecule has 0 fully saturated rings. The Hall–Kier alpha value is -3.59. The number of nitrogens with zero attached hydrogens (tertiary/aromatic N) is 1. The first-order valence-electron chi connectivity index (χ1n) is 32.3. The summed E-state index contributed by atoms with van der Waals surface area (Å²) in [5.41, 5.74) is 0. The quantitative estimate of drug-likeness (QED) is 0.0211.